The molecule has 0 spiro atoms. The number of amides is 1. The fraction of sp³-hybridized carbons (Fsp3) is 0.636. The number of anilines is 1. The lowest BCUT2D eigenvalue weighted by atomic mass is 10.0. The second-order valence-electron chi connectivity index (χ2n) is 4.55. The van der Waals surface area contributed by atoms with E-state index in [1.54, 1.807) is 4.90 Å². The molecule has 0 radical (unpaired) electrons. The standard InChI is InChI=1S/C11H15N3O2/c1-7-5-9-8(6-12-7)11(16-13-9)14-4-2-3-10(14)15/h7,12H,2-6H2,1H3/t7-/m0/s1. The normalized spacial score (nSPS) is 24.9. The van der Waals surface area contributed by atoms with Crippen LogP contribution in [0, 0.1) is 0 Å². The predicted molar refractivity (Wildman–Crippen MR) is 58.1 cm³/mol. The van der Waals surface area contributed by atoms with Crippen LogP contribution < -0.4 is 10.2 Å². The van der Waals surface area contributed by atoms with Crippen LogP contribution in [0.15, 0.2) is 4.52 Å². The molecule has 3 rings (SSSR count). The second-order valence-corrected chi connectivity index (χ2v) is 4.55. The summed E-state index contributed by atoms with van der Waals surface area (Å²) in [6.45, 7) is 3.63. The molecule has 5 heteroatoms. The van der Waals surface area contributed by atoms with Crippen molar-refractivity contribution in [1.29, 1.82) is 0 Å². The largest absolute Gasteiger partial charge is 0.338 e. The Hall–Kier alpha value is -1.36. The predicted octanol–water partition coefficient (Wildman–Crippen LogP) is 0.836. The Balaban J connectivity index is 1.94. The van der Waals surface area contributed by atoms with Gasteiger partial charge in [-0.25, -0.2) is 0 Å². The molecule has 0 bridgehead atoms. The number of aromatic nitrogens is 1. The summed E-state index contributed by atoms with van der Waals surface area (Å²) in [6, 6.07) is 0.430. The van der Waals surface area contributed by atoms with E-state index in [4.69, 9.17) is 4.52 Å². The van der Waals surface area contributed by atoms with Gasteiger partial charge in [0.25, 0.3) is 0 Å². The molecule has 1 atom stereocenters. The van der Waals surface area contributed by atoms with Gasteiger partial charge in [0.1, 0.15) is 0 Å². The molecule has 16 heavy (non-hydrogen) atoms. The van der Waals surface area contributed by atoms with Gasteiger partial charge in [0.15, 0.2) is 0 Å². The number of nitrogens with zero attached hydrogens (tertiary/aromatic N) is 2. The monoisotopic (exact) mass is 221 g/mol. The third-order valence-electron chi connectivity index (χ3n) is 3.29. The quantitative estimate of drug-likeness (QED) is 0.763. The van der Waals surface area contributed by atoms with Gasteiger partial charge >= 0.3 is 0 Å². The Morgan fingerprint density at radius 1 is 1.56 bits per heavy atom. The summed E-state index contributed by atoms with van der Waals surface area (Å²) in [6.07, 6.45) is 2.41. The van der Waals surface area contributed by atoms with E-state index in [0.29, 0.717) is 18.3 Å². The highest BCUT2D eigenvalue weighted by molar-refractivity contribution is 5.94. The molecular formula is C11H15N3O2. The minimum Gasteiger partial charge on any atom is -0.338 e. The average molecular weight is 221 g/mol. The van der Waals surface area contributed by atoms with Crippen molar-refractivity contribution in [2.24, 2.45) is 0 Å². The average Bonchev–Trinajstić information content (AvgIpc) is 2.83. The number of rotatable bonds is 1. The van der Waals surface area contributed by atoms with E-state index in [9.17, 15) is 4.79 Å². The molecule has 5 nitrogen and oxygen atoms in total. The van der Waals surface area contributed by atoms with Crippen LogP contribution in [0.2, 0.25) is 0 Å². The first kappa shape index (κ1) is 9.84. The maximum atomic E-state index is 11.6. The zero-order valence-corrected chi connectivity index (χ0v) is 9.32. The van der Waals surface area contributed by atoms with Crippen LogP contribution in [0.25, 0.3) is 0 Å². The fourth-order valence-corrected chi connectivity index (χ4v) is 2.38. The van der Waals surface area contributed by atoms with Crippen molar-refractivity contribution in [3.05, 3.63) is 11.3 Å². The van der Waals surface area contributed by atoms with Gasteiger partial charge in [-0.15, -0.1) is 0 Å². The third-order valence-corrected chi connectivity index (χ3v) is 3.29. The van der Waals surface area contributed by atoms with Gasteiger partial charge < -0.3 is 9.84 Å². The highest BCUT2D eigenvalue weighted by Crippen LogP contribution is 2.30. The first-order valence-corrected chi connectivity index (χ1v) is 5.77. The SMILES string of the molecule is C[C@H]1Cc2noc(N3CCCC3=O)c2CN1. The summed E-state index contributed by atoms with van der Waals surface area (Å²) in [7, 11) is 0. The molecule has 0 aromatic carbocycles. The zero-order chi connectivity index (χ0) is 11.1. The molecule has 86 valence electrons. The lowest BCUT2D eigenvalue weighted by Gasteiger charge is -2.20. The van der Waals surface area contributed by atoms with Crippen molar-refractivity contribution in [3.63, 3.8) is 0 Å². The molecule has 1 aromatic rings. The molecule has 0 saturated carbocycles. The topological polar surface area (TPSA) is 58.4 Å². The first-order valence-electron chi connectivity index (χ1n) is 5.77. The summed E-state index contributed by atoms with van der Waals surface area (Å²) in [5.41, 5.74) is 2.06. The lowest BCUT2D eigenvalue weighted by Crippen LogP contribution is -2.34. The molecule has 2 aliphatic rings. The maximum absolute atomic E-state index is 11.6. The Labute approximate surface area is 93.8 Å². The van der Waals surface area contributed by atoms with Crippen molar-refractivity contribution in [3.8, 4) is 0 Å². The molecule has 0 unspecified atom stereocenters. The van der Waals surface area contributed by atoms with Crippen LogP contribution in [-0.2, 0) is 17.8 Å². The molecule has 2 aliphatic heterocycles. The van der Waals surface area contributed by atoms with Crippen LogP contribution in [0.1, 0.15) is 31.0 Å². The lowest BCUT2D eigenvalue weighted by molar-refractivity contribution is -0.117. The van der Waals surface area contributed by atoms with Gasteiger partial charge in [0.2, 0.25) is 11.8 Å². The van der Waals surface area contributed by atoms with Crippen molar-refractivity contribution >= 4 is 11.8 Å². The van der Waals surface area contributed by atoms with Crippen LogP contribution in [-0.4, -0.2) is 23.7 Å². The Morgan fingerprint density at radius 2 is 2.44 bits per heavy atom. The summed E-state index contributed by atoms with van der Waals surface area (Å²) in [5, 5.41) is 7.44. The smallest absolute Gasteiger partial charge is 0.238 e. The molecule has 3 heterocycles. The number of nitrogens with one attached hydrogen (secondary N) is 1. The highest BCUT2D eigenvalue weighted by atomic mass is 16.5. The fourth-order valence-electron chi connectivity index (χ4n) is 2.38. The molecular weight excluding hydrogens is 206 g/mol. The van der Waals surface area contributed by atoms with E-state index >= 15 is 0 Å². The third kappa shape index (κ3) is 1.43. The van der Waals surface area contributed by atoms with Gasteiger partial charge in [0, 0.05) is 32.0 Å². The minimum atomic E-state index is 0.151. The molecule has 0 aliphatic carbocycles. The molecule has 1 saturated heterocycles. The highest BCUT2D eigenvalue weighted by Gasteiger charge is 2.31. The first-order chi connectivity index (χ1) is 7.75. The Kier molecular flexibility index (Phi) is 2.21. The second kappa shape index (κ2) is 3.59. The van der Waals surface area contributed by atoms with E-state index < -0.39 is 0 Å². The number of carbonyl (C=O) groups is 1. The summed E-state index contributed by atoms with van der Waals surface area (Å²) >= 11 is 0. The maximum Gasteiger partial charge on any atom is 0.238 e. The molecule has 1 aromatic heterocycles. The zero-order valence-electron chi connectivity index (χ0n) is 9.32. The van der Waals surface area contributed by atoms with Gasteiger partial charge in [-0.1, -0.05) is 5.16 Å². The van der Waals surface area contributed by atoms with Crippen molar-refractivity contribution in [1.82, 2.24) is 10.5 Å². The van der Waals surface area contributed by atoms with Crippen LogP contribution >= 0.6 is 0 Å². The van der Waals surface area contributed by atoms with Gasteiger partial charge in [-0.3, -0.25) is 9.69 Å². The molecule has 1 N–H and O–H groups in total. The number of hydrogen-bond donors (Lipinski definition) is 1. The minimum absolute atomic E-state index is 0.151. The molecule has 1 amide bonds. The number of fused-ring (bicyclic) bond motifs is 1. The summed E-state index contributed by atoms with van der Waals surface area (Å²) in [5.74, 6) is 0.814. The van der Waals surface area contributed by atoms with Gasteiger partial charge in [0.05, 0.1) is 11.3 Å². The van der Waals surface area contributed by atoms with Crippen LogP contribution in [0.4, 0.5) is 5.88 Å². The Morgan fingerprint density at radius 3 is 3.19 bits per heavy atom. The van der Waals surface area contributed by atoms with E-state index in [1.165, 1.54) is 0 Å². The number of carbonyl (C=O) groups excluding carboxylic acids is 1. The Bertz CT molecular complexity index is 427. The van der Waals surface area contributed by atoms with Crippen molar-refractivity contribution in [2.75, 3.05) is 11.4 Å². The summed E-state index contributed by atoms with van der Waals surface area (Å²) in [4.78, 5) is 13.4. The number of hydrogen-bond acceptors (Lipinski definition) is 4. The molecule has 1 fully saturated rings. The van der Waals surface area contributed by atoms with Crippen LogP contribution in [0.5, 0.6) is 0 Å². The van der Waals surface area contributed by atoms with E-state index in [1.807, 2.05) is 0 Å². The van der Waals surface area contributed by atoms with Gasteiger partial charge in [-0.05, 0) is 13.3 Å². The van der Waals surface area contributed by atoms with E-state index in [0.717, 1.165) is 37.2 Å². The van der Waals surface area contributed by atoms with Crippen molar-refractivity contribution in [2.45, 2.75) is 38.8 Å². The van der Waals surface area contributed by atoms with E-state index in [2.05, 4.69) is 17.4 Å². The van der Waals surface area contributed by atoms with E-state index in [-0.39, 0.29) is 5.91 Å². The summed E-state index contributed by atoms with van der Waals surface area (Å²) < 4.78 is 5.34. The van der Waals surface area contributed by atoms with Crippen molar-refractivity contribution < 1.29 is 9.32 Å². The van der Waals surface area contributed by atoms with Crippen LogP contribution in [0.3, 0.4) is 0 Å². The van der Waals surface area contributed by atoms with Gasteiger partial charge in [-0.2, -0.15) is 0 Å².